The van der Waals surface area contributed by atoms with Crippen LogP contribution in [0.15, 0.2) is 82.7 Å². The second-order valence-electron chi connectivity index (χ2n) is 10.6. The Morgan fingerprint density at radius 3 is 2.49 bits per heavy atom. The molecule has 3 aromatic heterocycles. The van der Waals surface area contributed by atoms with E-state index in [1.807, 2.05) is 37.5 Å². The predicted octanol–water partition coefficient (Wildman–Crippen LogP) is 4.58. The van der Waals surface area contributed by atoms with Crippen LogP contribution in [0, 0.1) is 6.92 Å². The Morgan fingerprint density at radius 2 is 1.81 bits per heavy atom. The van der Waals surface area contributed by atoms with Crippen LogP contribution >= 0.6 is 11.6 Å². The smallest absolute Gasteiger partial charge is 0.257 e. The van der Waals surface area contributed by atoms with Crippen molar-refractivity contribution < 1.29 is 14.1 Å². The zero-order valence-electron chi connectivity index (χ0n) is 23.5. The van der Waals surface area contributed by atoms with Crippen LogP contribution in [-0.2, 0) is 18.3 Å². The maximum absolute atomic E-state index is 13.6. The molecule has 1 unspecified atom stereocenters. The molecule has 0 bridgehead atoms. The highest BCUT2D eigenvalue weighted by Gasteiger charge is 2.26. The fraction of sp³-hybridized carbons (Fsp3) is 0.226. The van der Waals surface area contributed by atoms with Crippen molar-refractivity contribution in [1.29, 1.82) is 0 Å². The van der Waals surface area contributed by atoms with Crippen molar-refractivity contribution in [3.8, 4) is 22.5 Å². The topological polar surface area (TPSA) is 137 Å². The van der Waals surface area contributed by atoms with Gasteiger partial charge in [-0.05, 0) is 78.9 Å². The van der Waals surface area contributed by atoms with Gasteiger partial charge in [0.05, 0.1) is 5.69 Å². The third-order valence-electron chi connectivity index (χ3n) is 7.42. The van der Waals surface area contributed by atoms with Crippen molar-refractivity contribution in [1.82, 2.24) is 29.8 Å². The number of pyridine rings is 1. The number of anilines is 1. The first-order chi connectivity index (χ1) is 20.8. The summed E-state index contributed by atoms with van der Waals surface area (Å²) in [5, 5.41) is 17.9. The summed E-state index contributed by atoms with van der Waals surface area (Å²) in [6.07, 6.45) is 6.79. The maximum Gasteiger partial charge on any atom is 0.257 e. The van der Waals surface area contributed by atoms with Crippen molar-refractivity contribution in [3.05, 3.63) is 106 Å². The summed E-state index contributed by atoms with van der Waals surface area (Å²) in [4.78, 5) is 39.1. The Bertz CT molecular complexity index is 1870. The average molecular weight is 598 g/mol. The number of carbonyl (C=O) groups excluding carboxylic acids is 2. The Morgan fingerprint density at radius 1 is 1.07 bits per heavy atom. The third-order valence-corrected chi connectivity index (χ3v) is 7.79. The van der Waals surface area contributed by atoms with Crippen LogP contribution in [0.5, 0.6) is 0 Å². The van der Waals surface area contributed by atoms with Crippen molar-refractivity contribution >= 4 is 29.1 Å². The number of aryl methyl sites for hydroxylation is 2. The summed E-state index contributed by atoms with van der Waals surface area (Å²) in [6, 6.07) is 15.3. The monoisotopic (exact) mass is 597 g/mol. The number of hydrogen-bond donors (Lipinski definition) is 2. The van der Waals surface area contributed by atoms with Gasteiger partial charge in [-0.3, -0.25) is 14.4 Å². The van der Waals surface area contributed by atoms with Crippen LogP contribution in [0.1, 0.15) is 40.5 Å². The number of nitrogens with zero attached hydrogens (tertiary/aromatic N) is 5. The van der Waals surface area contributed by atoms with E-state index in [9.17, 15) is 14.4 Å². The van der Waals surface area contributed by atoms with E-state index in [4.69, 9.17) is 16.1 Å². The molecule has 2 N–H and O–H groups in total. The van der Waals surface area contributed by atoms with Gasteiger partial charge in [0.1, 0.15) is 24.2 Å². The molecule has 2 amide bonds. The molecule has 12 heteroatoms. The van der Waals surface area contributed by atoms with Gasteiger partial charge >= 0.3 is 0 Å². The molecular weight excluding hydrogens is 570 g/mol. The molecule has 43 heavy (non-hydrogen) atoms. The molecule has 6 rings (SSSR count). The molecule has 2 aromatic carbocycles. The molecule has 1 saturated carbocycles. The van der Waals surface area contributed by atoms with Gasteiger partial charge in [-0.15, -0.1) is 10.2 Å². The Hall–Kier alpha value is -5.03. The molecule has 5 aromatic rings. The van der Waals surface area contributed by atoms with Gasteiger partial charge in [-0.25, -0.2) is 0 Å². The normalized spacial score (nSPS) is 13.5. The van der Waals surface area contributed by atoms with Crippen molar-refractivity contribution in [2.75, 3.05) is 5.32 Å². The van der Waals surface area contributed by atoms with Crippen LogP contribution < -0.4 is 16.2 Å². The summed E-state index contributed by atoms with van der Waals surface area (Å²) in [5.41, 5.74) is 4.33. The summed E-state index contributed by atoms with van der Waals surface area (Å²) in [6.45, 7) is 1.65. The Balaban J connectivity index is 1.27. The van der Waals surface area contributed by atoms with Gasteiger partial charge in [-0.2, -0.15) is 0 Å². The second kappa shape index (κ2) is 11.7. The Labute approximate surface area is 251 Å². The van der Waals surface area contributed by atoms with Crippen LogP contribution in [0.2, 0.25) is 5.02 Å². The molecule has 11 nitrogen and oxygen atoms in total. The summed E-state index contributed by atoms with van der Waals surface area (Å²) < 4.78 is 8.48. The van der Waals surface area contributed by atoms with Gasteiger partial charge in [0, 0.05) is 48.0 Å². The summed E-state index contributed by atoms with van der Waals surface area (Å²) >= 11 is 6.61. The molecular formula is C31H28ClN7O4. The highest BCUT2D eigenvalue weighted by atomic mass is 35.5. The number of hydrogen-bond acceptors (Lipinski definition) is 7. The number of benzene rings is 2. The van der Waals surface area contributed by atoms with Crippen molar-refractivity contribution in [3.63, 3.8) is 0 Å². The molecule has 0 radical (unpaired) electrons. The van der Waals surface area contributed by atoms with E-state index in [2.05, 4.69) is 26.0 Å². The van der Waals surface area contributed by atoms with E-state index in [0.717, 1.165) is 29.5 Å². The lowest BCUT2D eigenvalue weighted by Gasteiger charge is -2.20. The van der Waals surface area contributed by atoms with E-state index < -0.39 is 17.9 Å². The molecule has 218 valence electrons. The molecule has 3 heterocycles. The lowest BCUT2D eigenvalue weighted by atomic mass is 9.99. The number of carbonyl (C=O) groups is 2. The van der Waals surface area contributed by atoms with E-state index >= 15 is 0 Å². The SMILES string of the molecule is Cc1nocc1C(=O)NC(Cc1cc(-c2ccc(=O)n(C3CC3)c2)ccc1Cl)C(=O)Nc1ccc(-c2nncn2C)cc1. The second-order valence-corrected chi connectivity index (χ2v) is 11.0. The molecule has 0 saturated heterocycles. The van der Waals surface area contributed by atoms with Crippen molar-refractivity contribution in [2.24, 2.45) is 7.05 Å². The van der Waals surface area contributed by atoms with Gasteiger partial charge in [0.15, 0.2) is 5.82 Å². The number of halogens is 1. The lowest BCUT2D eigenvalue weighted by Crippen LogP contribution is -2.45. The molecule has 1 atom stereocenters. The number of nitrogens with one attached hydrogen (secondary N) is 2. The first-order valence-electron chi connectivity index (χ1n) is 13.7. The fourth-order valence-electron chi connectivity index (χ4n) is 4.88. The number of amides is 2. The molecule has 0 aliphatic heterocycles. The number of rotatable bonds is 9. The molecule has 0 spiro atoms. The minimum absolute atomic E-state index is 0.0338. The maximum atomic E-state index is 13.6. The van der Waals surface area contributed by atoms with E-state index in [0.29, 0.717) is 27.8 Å². The predicted molar refractivity (Wildman–Crippen MR) is 161 cm³/mol. The van der Waals surface area contributed by atoms with E-state index in [1.54, 1.807) is 52.7 Å². The minimum atomic E-state index is -0.992. The van der Waals surface area contributed by atoms with Gasteiger partial charge < -0.3 is 24.3 Å². The first-order valence-corrected chi connectivity index (χ1v) is 14.1. The molecule has 1 aliphatic carbocycles. The largest absolute Gasteiger partial charge is 0.364 e. The quantitative estimate of drug-likeness (QED) is 0.254. The average Bonchev–Trinajstić information content (AvgIpc) is 3.61. The zero-order chi connectivity index (χ0) is 30.1. The van der Waals surface area contributed by atoms with Gasteiger partial charge in [0.2, 0.25) is 5.91 Å². The van der Waals surface area contributed by atoms with Crippen LogP contribution in [0.25, 0.3) is 22.5 Å². The molecule has 1 fully saturated rings. The standard InChI is InChI=1S/C31H28ClN7O4/c1-18-25(16-43-37-18)30(41)35-27(31(42)34-23-7-3-19(4-8-23)29-36-33-17-38(29)2)14-22-13-20(5-11-26(22)32)21-6-12-28(40)39(15-21)24-9-10-24/h3-8,11-13,15-17,24,27H,9-10,14H2,1-2H3,(H,34,42)(H,35,41). The first kappa shape index (κ1) is 28.1. The van der Waals surface area contributed by atoms with Crippen LogP contribution in [0.4, 0.5) is 5.69 Å². The Kier molecular flexibility index (Phi) is 7.64. The summed E-state index contributed by atoms with van der Waals surface area (Å²) in [5.74, 6) is -0.243. The van der Waals surface area contributed by atoms with Crippen LogP contribution in [0.3, 0.4) is 0 Å². The number of aromatic nitrogens is 5. The molecule has 1 aliphatic rings. The van der Waals surface area contributed by atoms with Crippen molar-refractivity contribution in [2.45, 2.75) is 38.3 Å². The van der Waals surface area contributed by atoms with E-state index in [1.165, 1.54) is 6.26 Å². The highest BCUT2D eigenvalue weighted by molar-refractivity contribution is 6.31. The summed E-state index contributed by atoms with van der Waals surface area (Å²) in [7, 11) is 1.85. The zero-order valence-corrected chi connectivity index (χ0v) is 24.2. The van der Waals surface area contributed by atoms with Gasteiger partial charge in [-0.1, -0.05) is 22.8 Å². The van der Waals surface area contributed by atoms with Gasteiger partial charge in [0.25, 0.3) is 11.5 Å². The minimum Gasteiger partial charge on any atom is -0.364 e. The van der Waals surface area contributed by atoms with Crippen LogP contribution in [-0.4, -0.2) is 42.3 Å². The highest BCUT2D eigenvalue weighted by Crippen LogP contribution is 2.34. The fourth-order valence-corrected chi connectivity index (χ4v) is 5.07. The third kappa shape index (κ3) is 6.12. The lowest BCUT2D eigenvalue weighted by molar-refractivity contribution is -0.118. The van der Waals surface area contributed by atoms with E-state index in [-0.39, 0.29) is 23.6 Å².